The summed E-state index contributed by atoms with van der Waals surface area (Å²) in [5.41, 5.74) is 2.75. The van der Waals surface area contributed by atoms with Crippen LogP contribution in [0.25, 0.3) is 11.5 Å². The maximum atomic E-state index is 13.0. The molecule has 150 valence electrons. The molecule has 0 spiro atoms. The summed E-state index contributed by atoms with van der Waals surface area (Å²) in [5.74, 6) is 1.31. The summed E-state index contributed by atoms with van der Waals surface area (Å²) in [7, 11) is 0. The molecule has 1 saturated heterocycles. The van der Waals surface area contributed by atoms with E-state index in [1.165, 1.54) is 27.9 Å². The summed E-state index contributed by atoms with van der Waals surface area (Å²) < 4.78 is 6.01. The van der Waals surface area contributed by atoms with Gasteiger partial charge in [-0.25, -0.2) is 0 Å². The van der Waals surface area contributed by atoms with Crippen LogP contribution in [-0.4, -0.2) is 61.4 Å². The Balaban J connectivity index is 1.51. The van der Waals surface area contributed by atoms with Crippen molar-refractivity contribution >= 4 is 38.5 Å². The van der Waals surface area contributed by atoms with E-state index in [1.54, 1.807) is 40.1 Å². The van der Waals surface area contributed by atoms with Crippen LogP contribution in [0.4, 0.5) is 5.82 Å². The molecule has 0 saturated carbocycles. The van der Waals surface area contributed by atoms with E-state index >= 15 is 0 Å². The topological polar surface area (TPSA) is 103 Å². The van der Waals surface area contributed by atoms with Crippen molar-refractivity contribution in [1.82, 2.24) is 34.3 Å². The van der Waals surface area contributed by atoms with E-state index in [1.807, 2.05) is 13.0 Å². The predicted octanol–water partition coefficient (Wildman–Crippen LogP) is 2.68. The van der Waals surface area contributed by atoms with Crippen molar-refractivity contribution in [3.63, 3.8) is 0 Å². The number of aromatic nitrogens is 7. The number of anilines is 1. The van der Waals surface area contributed by atoms with Crippen molar-refractivity contribution in [3.05, 3.63) is 60.1 Å². The maximum absolute atomic E-state index is 13.0. The minimum absolute atomic E-state index is 0.157. The van der Waals surface area contributed by atoms with E-state index in [0.29, 0.717) is 28.8 Å². The third kappa shape index (κ3) is 3.69. The second kappa shape index (κ2) is 8.13. The summed E-state index contributed by atoms with van der Waals surface area (Å²) in [6.45, 7) is 1.89. The number of hydrogen-bond acceptors (Lipinski definition) is 6. The normalized spacial score (nSPS) is 14.8. The van der Waals surface area contributed by atoms with Gasteiger partial charge in [0, 0.05) is 0 Å². The summed E-state index contributed by atoms with van der Waals surface area (Å²) >= 11 is -0.157. The SMILES string of the molecule is Cc1cnc(-n2nc(C3C[CH2][Sn][CH2]C3)cc2NC(=O)c2cnn3cccnc23)cn1. The average molecular weight is 507 g/mol. The third-order valence-corrected chi connectivity index (χ3v) is 8.90. The minimum atomic E-state index is -0.283. The van der Waals surface area contributed by atoms with Gasteiger partial charge >= 0.3 is 177 Å². The zero-order valence-electron chi connectivity index (χ0n) is 16.5. The number of nitrogens with one attached hydrogen (secondary N) is 1. The van der Waals surface area contributed by atoms with Crippen molar-refractivity contribution in [1.29, 1.82) is 0 Å². The van der Waals surface area contributed by atoms with E-state index in [9.17, 15) is 4.79 Å². The Labute approximate surface area is 183 Å². The molecule has 4 aromatic heterocycles. The van der Waals surface area contributed by atoms with Crippen LogP contribution in [-0.2, 0) is 0 Å². The van der Waals surface area contributed by atoms with Crippen molar-refractivity contribution < 1.29 is 4.79 Å². The number of carbonyl (C=O) groups is 1. The van der Waals surface area contributed by atoms with Crippen LogP contribution in [0.2, 0.25) is 8.87 Å². The second-order valence-corrected chi connectivity index (χ2v) is 11.6. The molecule has 1 N–H and O–H groups in total. The van der Waals surface area contributed by atoms with Crippen LogP contribution < -0.4 is 5.32 Å². The number of rotatable bonds is 4. The molecule has 5 heterocycles. The summed E-state index contributed by atoms with van der Waals surface area (Å²) in [6, 6.07) is 3.74. The van der Waals surface area contributed by atoms with E-state index in [4.69, 9.17) is 5.10 Å². The fourth-order valence-corrected chi connectivity index (χ4v) is 7.51. The molecular formula is C20H20N8OSn. The van der Waals surface area contributed by atoms with Gasteiger partial charge in [0.25, 0.3) is 0 Å². The molecule has 1 aliphatic heterocycles. The molecule has 0 atom stereocenters. The Morgan fingerprint density at radius 1 is 1.17 bits per heavy atom. The zero-order valence-corrected chi connectivity index (χ0v) is 19.3. The van der Waals surface area contributed by atoms with Gasteiger partial charge in [0.2, 0.25) is 0 Å². The van der Waals surface area contributed by atoms with Gasteiger partial charge in [0.15, 0.2) is 0 Å². The van der Waals surface area contributed by atoms with Gasteiger partial charge in [-0.15, -0.1) is 0 Å². The van der Waals surface area contributed by atoms with E-state index in [-0.39, 0.29) is 27.0 Å². The van der Waals surface area contributed by atoms with Gasteiger partial charge in [0.05, 0.1) is 0 Å². The Bertz CT molecular complexity index is 1190. The second-order valence-electron chi connectivity index (χ2n) is 7.31. The van der Waals surface area contributed by atoms with E-state index in [0.717, 1.165) is 11.4 Å². The summed E-state index contributed by atoms with van der Waals surface area (Å²) in [4.78, 5) is 26.1. The molecule has 0 aromatic carbocycles. The van der Waals surface area contributed by atoms with Crippen LogP contribution in [0.5, 0.6) is 0 Å². The molecular weight excluding hydrogens is 487 g/mol. The zero-order chi connectivity index (χ0) is 20.5. The standard InChI is InChI=1S/C20H20N8O.Sn/c1-4-14(5-2)16-9-17(28(26-16)18-12-22-13(3)10-23-18)25-20(29)15-11-24-27-8-6-7-21-19(15)27;/h6-12,14H,1-2,4-5H2,3H3,(H,25,29);. The molecule has 10 heteroatoms. The van der Waals surface area contributed by atoms with Gasteiger partial charge in [-0.2, -0.15) is 0 Å². The fraction of sp³-hybridized carbons (Fsp3) is 0.300. The number of fused-ring (bicyclic) bond motifs is 1. The predicted molar refractivity (Wildman–Crippen MR) is 112 cm³/mol. The Morgan fingerprint density at radius 3 is 2.83 bits per heavy atom. The first-order valence-corrected chi connectivity index (χ1v) is 13.9. The molecule has 2 radical (unpaired) electrons. The van der Waals surface area contributed by atoms with Gasteiger partial charge in [-0.1, -0.05) is 0 Å². The molecule has 0 unspecified atom stereocenters. The van der Waals surface area contributed by atoms with E-state index in [2.05, 4.69) is 25.4 Å². The molecule has 5 rings (SSSR count). The first-order chi connectivity index (χ1) is 14.7. The number of carbonyl (C=O) groups excluding carboxylic acids is 1. The molecule has 1 fully saturated rings. The molecule has 1 amide bonds. The molecule has 0 aliphatic carbocycles. The van der Waals surface area contributed by atoms with Gasteiger partial charge in [-0.3, -0.25) is 0 Å². The molecule has 9 nitrogen and oxygen atoms in total. The van der Waals surface area contributed by atoms with Gasteiger partial charge in [-0.05, 0) is 6.07 Å². The van der Waals surface area contributed by atoms with Crippen molar-refractivity contribution in [3.8, 4) is 5.82 Å². The van der Waals surface area contributed by atoms with Crippen LogP contribution in [0, 0.1) is 6.92 Å². The number of nitrogens with zero attached hydrogens (tertiary/aromatic N) is 7. The van der Waals surface area contributed by atoms with Crippen LogP contribution in [0.15, 0.2) is 43.1 Å². The first-order valence-electron chi connectivity index (χ1n) is 9.88. The van der Waals surface area contributed by atoms with Crippen LogP contribution in [0.1, 0.15) is 40.5 Å². The Morgan fingerprint density at radius 2 is 2.03 bits per heavy atom. The number of hydrogen-bond donors (Lipinski definition) is 1. The first kappa shape index (κ1) is 19.2. The summed E-state index contributed by atoms with van der Waals surface area (Å²) in [6.07, 6.45) is 10.7. The van der Waals surface area contributed by atoms with Gasteiger partial charge in [0.1, 0.15) is 0 Å². The monoisotopic (exact) mass is 508 g/mol. The van der Waals surface area contributed by atoms with Crippen LogP contribution >= 0.6 is 0 Å². The summed E-state index contributed by atoms with van der Waals surface area (Å²) in [5, 5.41) is 12.0. The van der Waals surface area contributed by atoms with Crippen LogP contribution in [0.3, 0.4) is 0 Å². The molecule has 1 aliphatic rings. The molecule has 4 aromatic rings. The quantitative estimate of drug-likeness (QED) is 0.427. The third-order valence-electron chi connectivity index (χ3n) is 5.24. The molecule has 30 heavy (non-hydrogen) atoms. The fourth-order valence-electron chi connectivity index (χ4n) is 3.65. The average Bonchev–Trinajstić information content (AvgIpc) is 3.39. The van der Waals surface area contributed by atoms with E-state index < -0.39 is 0 Å². The van der Waals surface area contributed by atoms with Crippen molar-refractivity contribution in [2.24, 2.45) is 0 Å². The number of aryl methyl sites for hydroxylation is 1. The van der Waals surface area contributed by atoms with Crippen molar-refractivity contribution in [2.75, 3.05) is 5.32 Å². The Kier molecular flexibility index (Phi) is 5.19. The number of amides is 1. The van der Waals surface area contributed by atoms with Gasteiger partial charge < -0.3 is 0 Å². The Hall–Kier alpha value is -2.82. The van der Waals surface area contributed by atoms with Crippen molar-refractivity contribution in [2.45, 2.75) is 34.6 Å². The molecule has 0 bridgehead atoms.